The Morgan fingerprint density at radius 1 is 1.03 bits per heavy atom. The Bertz CT molecular complexity index is 1200. The lowest BCUT2D eigenvalue weighted by atomic mass is 9.63. The molecular weight excluding hydrogens is 504 g/mol. The molecule has 3 atom stereocenters. The highest BCUT2D eigenvalue weighted by molar-refractivity contribution is 7.92. The van der Waals surface area contributed by atoms with Gasteiger partial charge in [-0.05, 0) is 67.5 Å². The Kier molecular flexibility index (Phi) is 5.49. The molecule has 1 aromatic rings. The Balaban J connectivity index is 1.61. The van der Waals surface area contributed by atoms with Crippen molar-refractivity contribution in [2.45, 2.75) is 42.3 Å². The third-order valence-electron chi connectivity index (χ3n) is 6.61. The van der Waals surface area contributed by atoms with Gasteiger partial charge in [0.2, 0.25) is 0 Å². The molecule has 2 fully saturated rings. The van der Waals surface area contributed by atoms with E-state index in [1.165, 1.54) is 12.2 Å². The van der Waals surface area contributed by atoms with Gasteiger partial charge in [0, 0.05) is 6.54 Å². The SMILES string of the molecule is O=S(=O)(c1ccc(OC(F)(F)F)cc1)[C@H]1NN(OC(F)(F)F)C2=CC=CC3=NCCC(C4CC4)C231. The van der Waals surface area contributed by atoms with Gasteiger partial charge in [-0.2, -0.15) is 15.4 Å². The van der Waals surface area contributed by atoms with E-state index >= 15 is 0 Å². The predicted octanol–water partition coefficient (Wildman–Crippen LogP) is 4.27. The molecule has 1 spiro atoms. The first-order chi connectivity index (χ1) is 16.3. The average Bonchev–Trinajstić information content (AvgIpc) is 3.54. The van der Waals surface area contributed by atoms with Crippen molar-refractivity contribution in [1.29, 1.82) is 0 Å². The highest BCUT2D eigenvalue weighted by Crippen LogP contribution is 2.60. The molecule has 35 heavy (non-hydrogen) atoms. The van der Waals surface area contributed by atoms with Gasteiger partial charge in [0.15, 0.2) is 15.2 Å². The summed E-state index contributed by atoms with van der Waals surface area (Å²) in [4.78, 5) is 8.23. The number of hydrogen-bond acceptors (Lipinski definition) is 7. The first kappa shape index (κ1) is 24.1. The van der Waals surface area contributed by atoms with Gasteiger partial charge >= 0.3 is 12.7 Å². The highest BCUT2D eigenvalue weighted by atomic mass is 32.2. The minimum absolute atomic E-state index is 0.0294. The van der Waals surface area contributed by atoms with Crippen LogP contribution < -0.4 is 10.2 Å². The van der Waals surface area contributed by atoms with Gasteiger partial charge in [0.1, 0.15) is 5.75 Å². The van der Waals surface area contributed by atoms with E-state index < -0.39 is 39.1 Å². The lowest BCUT2D eigenvalue weighted by Crippen LogP contribution is -2.55. The van der Waals surface area contributed by atoms with Crippen molar-refractivity contribution in [2.75, 3.05) is 6.54 Å². The second-order valence-corrected chi connectivity index (χ2v) is 10.7. The van der Waals surface area contributed by atoms with Crippen LogP contribution in [0.1, 0.15) is 19.3 Å². The zero-order valence-electron chi connectivity index (χ0n) is 17.8. The van der Waals surface area contributed by atoms with Gasteiger partial charge in [-0.15, -0.1) is 26.3 Å². The third kappa shape index (κ3) is 4.20. The number of halogens is 6. The number of hydroxylamine groups is 1. The minimum atomic E-state index is -5.12. The molecule has 2 unspecified atom stereocenters. The van der Waals surface area contributed by atoms with Crippen molar-refractivity contribution < 1.29 is 44.3 Å². The molecule has 0 bridgehead atoms. The fraction of sp³-hybridized carbons (Fsp3) is 0.476. The van der Waals surface area contributed by atoms with Crippen LogP contribution in [0.4, 0.5) is 26.3 Å². The van der Waals surface area contributed by atoms with E-state index in [-0.39, 0.29) is 22.4 Å². The topological polar surface area (TPSA) is 80.2 Å². The molecule has 7 nitrogen and oxygen atoms in total. The molecule has 4 aliphatic rings. The van der Waals surface area contributed by atoms with Crippen LogP contribution in [0.2, 0.25) is 0 Å². The lowest BCUT2D eigenvalue weighted by Gasteiger charge is -2.45. The van der Waals surface area contributed by atoms with Crippen molar-refractivity contribution in [3.05, 3.63) is 48.2 Å². The second kappa shape index (κ2) is 7.96. The number of alkyl halides is 6. The standard InChI is InChI=1S/C21H19F6N3O4S/c22-20(23,24)33-13-6-8-14(9-7-13)35(31,32)18-19-15(12-4-5-12)10-11-28-16(19)2-1-3-17(19)30(29-18)34-21(25,26)27/h1-3,6-9,12,15,18,29H,4-5,10-11H2/t15?,18-,19?/m1/s1. The molecule has 1 aromatic carbocycles. The second-order valence-electron chi connectivity index (χ2n) is 8.68. The van der Waals surface area contributed by atoms with Gasteiger partial charge in [-0.25, -0.2) is 8.42 Å². The number of hydrazine groups is 1. The number of aliphatic imine (C=N–C) groups is 1. The maximum Gasteiger partial charge on any atom is 0.573 e. The van der Waals surface area contributed by atoms with Crippen LogP contribution in [0.5, 0.6) is 5.75 Å². The Morgan fingerprint density at radius 2 is 1.71 bits per heavy atom. The van der Waals surface area contributed by atoms with E-state index in [1.807, 2.05) is 0 Å². The summed E-state index contributed by atoms with van der Waals surface area (Å²) in [6, 6.07) is 3.52. The molecule has 0 aromatic heterocycles. The summed E-state index contributed by atoms with van der Waals surface area (Å²) < 4.78 is 109. The van der Waals surface area contributed by atoms with Gasteiger partial charge in [0.05, 0.1) is 21.7 Å². The number of nitrogens with one attached hydrogen (secondary N) is 1. The zero-order valence-corrected chi connectivity index (χ0v) is 18.6. The van der Waals surface area contributed by atoms with Crippen LogP contribution in [0, 0.1) is 17.3 Å². The molecular formula is C21H19F6N3O4S. The molecule has 2 aliphatic heterocycles. The Hall–Kier alpha value is -2.58. The van der Waals surface area contributed by atoms with Crippen molar-refractivity contribution in [1.82, 2.24) is 10.6 Å². The summed E-state index contributed by atoms with van der Waals surface area (Å²) in [6.45, 7) is 0.395. The zero-order chi connectivity index (χ0) is 25.2. The van der Waals surface area contributed by atoms with Gasteiger partial charge in [0.25, 0.3) is 0 Å². The van der Waals surface area contributed by atoms with Crippen LogP contribution in [0.15, 0.2) is 58.1 Å². The maximum atomic E-state index is 13.8. The van der Waals surface area contributed by atoms with Crippen molar-refractivity contribution in [2.24, 2.45) is 22.2 Å². The number of allylic oxidation sites excluding steroid dienone is 3. The number of nitrogens with zero attached hydrogens (tertiary/aromatic N) is 2. The van der Waals surface area contributed by atoms with E-state index in [9.17, 15) is 34.8 Å². The van der Waals surface area contributed by atoms with Crippen LogP contribution in [0.25, 0.3) is 0 Å². The summed E-state index contributed by atoms with van der Waals surface area (Å²) in [7, 11) is -4.47. The number of sulfone groups is 1. The normalized spacial score (nSPS) is 28.8. The van der Waals surface area contributed by atoms with E-state index in [0.717, 1.165) is 37.1 Å². The average molecular weight is 523 g/mol. The van der Waals surface area contributed by atoms with Crippen molar-refractivity contribution >= 4 is 15.5 Å². The summed E-state index contributed by atoms with van der Waals surface area (Å²) >= 11 is 0. The molecule has 0 amide bonds. The molecule has 1 N–H and O–H groups in total. The van der Waals surface area contributed by atoms with Crippen LogP contribution in [-0.4, -0.2) is 43.9 Å². The Labute approximate surface area is 195 Å². The largest absolute Gasteiger partial charge is 0.573 e. The first-order valence-corrected chi connectivity index (χ1v) is 12.2. The first-order valence-electron chi connectivity index (χ1n) is 10.7. The molecule has 14 heteroatoms. The monoisotopic (exact) mass is 523 g/mol. The molecule has 1 saturated heterocycles. The third-order valence-corrected chi connectivity index (χ3v) is 8.64. The van der Waals surface area contributed by atoms with Gasteiger partial charge in [-0.1, -0.05) is 6.08 Å². The summed E-state index contributed by atoms with van der Waals surface area (Å²) in [5.41, 5.74) is 1.21. The van der Waals surface area contributed by atoms with Gasteiger partial charge < -0.3 is 4.74 Å². The summed E-state index contributed by atoms with van der Waals surface area (Å²) in [6.07, 6.45) is -3.60. The predicted molar refractivity (Wildman–Crippen MR) is 109 cm³/mol. The Morgan fingerprint density at radius 3 is 2.31 bits per heavy atom. The molecule has 0 radical (unpaired) electrons. The van der Waals surface area contributed by atoms with E-state index in [4.69, 9.17) is 0 Å². The highest BCUT2D eigenvalue weighted by Gasteiger charge is 2.67. The maximum absolute atomic E-state index is 13.8. The number of rotatable bonds is 5. The molecule has 5 rings (SSSR count). The van der Waals surface area contributed by atoms with E-state index in [2.05, 4.69) is 20.0 Å². The quantitative estimate of drug-likeness (QED) is 0.581. The lowest BCUT2D eigenvalue weighted by molar-refractivity contribution is -0.413. The summed E-state index contributed by atoms with van der Waals surface area (Å²) in [5, 5.41) is -1.31. The van der Waals surface area contributed by atoms with Crippen molar-refractivity contribution in [3.8, 4) is 5.75 Å². The molecule has 2 aliphatic carbocycles. The fourth-order valence-corrected chi connectivity index (χ4v) is 7.22. The molecule has 1 saturated carbocycles. The van der Waals surface area contributed by atoms with Crippen LogP contribution in [-0.2, 0) is 14.7 Å². The fourth-order valence-electron chi connectivity index (χ4n) is 5.30. The molecule has 2 heterocycles. The number of hydrogen-bond donors (Lipinski definition) is 1. The number of benzene rings is 1. The van der Waals surface area contributed by atoms with Crippen LogP contribution >= 0.6 is 0 Å². The number of ether oxygens (including phenoxy) is 1. The minimum Gasteiger partial charge on any atom is -0.406 e. The summed E-state index contributed by atoms with van der Waals surface area (Å²) in [5.74, 6) is -0.885. The smallest absolute Gasteiger partial charge is 0.406 e. The van der Waals surface area contributed by atoms with E-state index in [0.29, 0.717) is 23.8 Å². The van der Waals surface area contributed by atoms with E-state index in [1.54, 1.807) is 6.08 Å². The van der Waals surface area contributed by atoms with Crippen LogP contribution in [0.3, 0.4) is 0 Å². The van der Waals surface area contributed by atoms with Crippen molar-refractivity contribution in [3.63, 3.8) is 0 Å². The molecule has 190 valence electrons. The van der Waals surface area contributed by atoms with Gasteiger partial charge in [-0.3, -0.25) is 4.99 Å².